The second-order valence-corrected chi connectivity index (χ2v) is 7.27. The van der Waals surface area contributed by atoms with Crippen molar-refractivity contribution in [2.45, 2.75) is 24.3 Å². The maximum absolute atomic E-state index is 13.2. The topological polar surface area (TPSA) is 72.2 Å². The number of hydrogen-bond acceptors (Lipinski definition) is 4. The van der Waals surface area contributed by atoms with Gasteiger partial charge in [0.25, 0.3) is 0 Å². The zero-order valence-electron chi connectivity index (χ0n) is 10.8. The second kappa shape index (κ2) is 5.90. The number of thiophene rings is 1. The standard InChI is InChI=1S/C13H15FN2O2S2/c1-9(5-12-3-2-4-19-12)16-20(17,18)13-7-10(14)6-11(15)8-13/h2-4,6-9,16H,5,15H2,1H3. The Morgan fingerprint density at radius 3 is 2.75 bits per heavy atom. The van der Waals surface area contributed by atoms with Crippen LogP contribution in [0.15, 0.2) is 40.6 Å². The Hall–Kier alpha value is -1.44. The Kier molecular flexibility index (Phi) is 4.42. The molecule has 108 valence electrons. The molecule has 0 aliphatic carbocycles. The van der Waals surface area contributed by atoms with Crippen molar-refractivity contribution in [1.29, 1.82) is 0 Å². The van der Waals surface area contributed by atoms with Crippen LogP contribution in [0.2, 0.25) is 0 Å². The van der Waals surface area contributed by atoms with Crippen LogP contribution in [0, 0.1) is 5.82 Å². The predicted octanol–water partition coefficient (Wildman–Crippen LogP) is 2.38. The van der Waals surface area contributed by atoms with Crippen LogP contribution in [-0.2, 0) is 16.4 Å². The minimum Gasteiger partial charge on any atom is -0.399 e. The van der Waals surface area contributed by atoms with Gasteiger partial charge in [-0.3, -0.25) is 0 Å². The fourth-order valence-corrected chi connectivity index (χ4v) is 3.99. The summed E-state index contributed by atoms with van der Waals surface area (Å²) in [4.78, 5) is 0.923. The molecule has 7 heteroatoms. The van der Waals surface area contributed by atoms with E-state index in [9.17, 15) is 12.8 Å². The normalized spacial score (nSPS) is 13.3. The molecule has 0 saturated carbocycles. The van der Waals surface area contributed by atoms with Crippen LogP contribution >= 0.6 is 11.3 Å². The third kappa shape index (κ3) is 3.78. The monoisotopic (exact) mass is 314 g/mol. The largest absolute Gasteiger partial charge is 0.399 e. The molecule has 1 aromatic heterocycles. The molecule has 1 aromatic carbocycles. The summed E-state index contributed by atoms with van der Waals surface area (Å²) in [5.41, 5.74) is 5.55. The molecule has 3 N–H and O–H groups in total. The number of rotatable bonds is 5. The first-order valence-corrected chi connectivity index (χ1v) is 8.34. The van der Waals surface area contributed by atoms with Gasteiger partial charge in [-0.2, -0.15) is 0 Å². The molecule has 1 unspecified atom stereocenters. The summed E-state index contributed by atoms with van der Waals surface area (Å²) in [6.45, 7) is 1.76. The molecule has 1 atom stereocenters. The summed E-state index contributed by atoms with van der Waals surface area (Å²) in [5, 5.41) is 1.93. The molecule has 0 spiro atoms. The molecule has 2 aromatic rings. The number of anilines is 1. The number of nitrogens with two attached hydrogens (primary N) is 1. The lowest BCUT2D eigenvalue weighted by molar-refractivity contribution is 0.558. The zero-order chi connectivity index (χ0) is 14.8. The average Bonchev–Trinajstić information content (AvgIpc) is 2.79. The Labute approximate surface area is 121 Å². The van der Waals surface area contributed by atoms with Crippen LogP contribution in [-0.4, -0.2) is 14.5 Å². The van der Waals surface area contributed by atoms with Crippen LogP contribution in [0.25, 0.3) is 0 Å². The van der Waals surface area contributed by atoms with Crippen LogP contribution in [0.1, 0.15) is 11.8 Å². The van der Waals surface area contributed by atoms with Crippen molar-refractivity contribution in [3.63, 3.8) is 0 Å². The zero-order valence-corrected chi connectivity index (χ0v) is 12.5. The summed E-state index contributed by atoms with van der Waals surface area (Å²) in [5.74, 6) is -0.670. The number of benzene rings is 1. The van der Waals surface area contributed by atoms with Gasteiger partial charge in [-0.25, -0.2) is 17.5 Å². The van der Waals surface area contributed by atoms with Crippen molar-refractivity contribution >= 4 is 27.0 Å². The van der Waals surface area contributed by atoms with Gasteiger partial charge in [0, 0.05) is 16.6 Å². The highest BCUT2D eigenvalue weighted by molar-refractivity contribution is 7.89. The van der Waals surface area contributed by atoms with Gasteiger partial charge < -0.3 is 5.73 Å². The van der Waals surface area contributed by atoms with E-state index in [0.717, 1.165) is 17.0 Å². The molecule has 0 fully saturated rings. The van der Waals surface area contributed by atoms with Gasteiger partial charge in [-0.1, -0.05) is 6.07 Å². The highest BCUT2D eigenvalue weighted by Gasteiger charge is 2.19. The van der Waals surface area contributed by atoms with E-state index in [-0.39, 0.29) is 16.6 Å². The number of nitrogen functional groups attached to an aromatic ring is 1. The molecular formula is C13H15FN2O2S2. The van der Waals surface area contributed by atoms with Gasteiger partial charge in [0.05, 0.1) is 4.90 Å². The van der Waals surface area contributed by atoms with Crippen molar-refractivity contribution in [3.05, 3.63) is 46.4 Å². The van der Waals surface area contributed by atoms with E-state index in [1.54, 1.807) is 18.3 Å². The minimum atomic E-state index is -3.77. The second-order valence-electron chi connectivity index (χ2n) is 4.53. The Morgan fingerprint density at radius 2 is 2.15 bits per heavy atom. The van der Waals surface area contributed by atoms with Crippen LogP contribution < -0.4 is 10.5 Å². The van der Waals surface area contributed by atoms with Gasteiger partial charge in [-0.15, -0.1) is 11.3 Å². The number of nitrogens with one attached hydrogen (secondary N) is 1. The van der Waals surface area contributed by atoms with E-state index in [4.69, 9.17) is 5.73 Å². The van der Waals surface area contributed by atoms with Crippen LogP contribution in [0.3, 0.4) is 0 Å². The minimum absolute atomic E-state index is 0.0799. The maximum Gasteiger partial charge on any atom is 0.240 e. The molecule has 1 heterocycles. The molecule has 4 nitrogen and oxygen atoms in total. The average molecular weight is 314 g/mol. The number of sulfonamides is 1. The van der Waals surface area contributed by atoms with Gasteiger partial charge in [0.15, 0.2) is 0 Å². The number of halogens is 1. The summed E-state index contributed by atoms with van der Waals surface area (Å²) < 4.78 is 40.0. The molecule has 0 radical (unpaired) electrons. The Balaban J connectivity index is 2.14. The van der Waals surface area contributed by atoms with Gasteiger partial charge >= 0.3 is 0 Å². The highest BCUT2D eigenvalue weighted by atomic mass is 32.2. The van der Waals surface area contributed by atoms with Gasteiger partial charge in [0.2, 0.25) is 10.0 Å². The van der Waals surface area contributed by atoms with Crippen molar-refractivity contribution in [3.8, 4) is 0 Å². The summed E-state index contributed by atoms with van der Waals surface area (Å²) in [6, 6.07) is 6.83. The third-order valence-corrected chi connectivity index (χ3v) is 5.12. The maximum atomic E-state index is 13.2. The molecule has 0 amide bonds. The smallest absolute Gasteiger partial charge is 0.240 e. The van der Waals surface area contributed by atoms with Crippen LogP contribution in [0.4, 0.5) is 10.1 Å². The predicted molar refractivity (Wildman–Crippen MR) is 78.6 cm³/mol. The molecule has 2 rings (SSSR count). The van der Waals surface area contributed by atoms with E-state index in [0.29, 0.717) is 6.42 Å². The SMILES string of the molecule is CC(Cc1cccs1)NS(=O)(=O)c1cc(N)cc(F)c1. The fourth-order valence-electron chi connectivity index (χ4n) is 1.84. The molecular weight excluding hydrogens is 299 g/mol. The summed E-state index contributed by atoms with van der Waals surface area (Å²) in [7, 11) is -3.77. The van der Waals surface area contributed by atoms with Gasteiger partial charge in [-0.05, 0) is 43.0 Å². The van der Waals surface area contributed by atoms with Crippen LogP contribution in [0.5, 0.6) is 0 Å². The summed E-state index contributed by atoms with van der Waals surface area (Å²) in [6.07, 6.45) is 0.585. The van der Waals surface area contributed by atoms with E-state index in [1.807, 2.05) is 17.5 Å². The van der Waals surface area contributed by atoms with Crippen molar-refractivity contribution in [1.82, 2.24) is 4.72 Å². The first-order chi connectivity index (χ1) is 9.37. The summed E-state index contributed by atoms with van der Waals surface area (Å²) >= 11 is 1.56. The van der Waals surface area contributed by atoms with E-state index in [1.165, 1.54) is 6.07 Å². The molecule has 0 aliphatic rings. The van der Waals surface area contributed by atoms with E-state index >= 15 is 0 Å². The van der Waals surface area contributed by atoms with Crippen molar-refractivity contribution < 1.29 is 12.8 Å². The molecule has 20 heavy (non-hydrogen) atoms. The van der Waals surface area contributed by atoms with Crippen molar-refractivity contribution in [2.75, 3.05) is 5.73 Å². The van der Waals surface area contributed by atoms with Gasteiger partial charge in [0.1, 0.15) is 5.82 Å². The number of hydrogen-bond donors (Lipinski definition) is 2. The Morgan fingerprint density at radius 1 is 1.40 bits per heavy atom. The lowest BCUT2D eigenvalue weighted by Gasteiger charge is -2.13. The first-order valence-electron chi connectivity index (χ1n) is 5.97. The molecule has 0 saturated heterocycles. The first kappa shape index (κ1) is 15.0. The van der Waals surface area contributed by atoms with Crippen molar-refractivity contribution in [2.24, 2.45) is 0 Å². The highest BCUT2D eigenvalue weighted by Crippen LogP contribution is 2.17. The lowest BCUT2D eigenvalue weighted by atomic mass is 10.2. The Bertz CT molecular complexity index is 664. The quantitative estimate of drug-likeness (QED) is 0.832. The lowest BCUT2D eigenvalue weighted by Crippen LogP contribution is -2.34. The van der Waals surface area contributed by atoms with E-state index < -0.39 is 15.8 Å². The fraction of sp³-hybridized carbons (Fsp3) is 0.231. The molecule has 0 aliphatic heterocycles. The third-order valence-electron chi connectivity index (χ3n) is 2.65. The molecule has 0 bridgehead atoms. The van der Waals surface area contributed by atoms with E-state index in [2.05, 4.69) is 4.72 Å².